The highest BCUT2D eigenvalue weighted by atomic mass is 19.2. The zero-order valence-corrected chi connectivity index (χ0v) is 10.5. The molecule has 0 heterocycles. The first-order valence-corrected chi connectivity index (χ1v) is 5.60. The first-order valence-electron chi connectivity index (χ1n) is 5.60. The molecule has 1 atom stereocenters. The highest BCUT2D eigenvalue weighted by Crippen LogP contribution is 2.12. The summed E-state index contributed by atoms with van der Waals surface area (Å²) in [5.41, 5.74) is 5.00. The normalized spacial score (nSPS) is 13.4. The molecule has 1 unspecified atom stereocenters. The lowest BCUT2D eigenvalue weighted by atomic mass is 10.0. The van der Waals surface area contributed by atoms with Crippen LogP contribution in [0.5, 0.6) is 0 Å². The van der Waals surface area contributed by atoms with E-state index in [4.69, 9.17) is 10.9 Å². The molecule has 0 aliphatic rings. The second kappa shape index (κ2) is 6.12. The number of hydrogen-bond donors (Lipinski definition) is 3. The van der Waals surface area contributed by atoms with Crippen molar-refractivity contribution in [3.05, 3.63) is 35.4 Å². The number of amidine groups is 1. The maximum absolute atomic E-state index is 13.4. The van der Waals surface area contributed by atoms with Crippen molar-refractivity contribution < 1.29 is 18.8 Å². The van der Waals surface area contributed by atoms with Crippen molar-refractivity contribution in [1.82, 2.24) is 5.32 Å². The van der Waals surface area contributed by atoms with Crippen molar-refractivity contribution in [2.45, 2.75) is 19.9 Å². The first kappa shape index (κ1) is 14.9. The van der Waals surface area contributed by atoms with Crippen LogP contribution >= 0.6 is 0 Å². The molecular weight excluding hydrogens is 256 g/mol. The first-order chi connectivity index (χ1) is 8.88. The summed E-state index contributed by atoms with van der Waals surface area (Å²) >= 11 is 0. The van der Waals surface area contributed by atoms with Crippen LogP contribution in [0, 0.1) is 17.6 Å². The summed E-state index contributed by atoms with van der Waals surface area (Å²) in [6, 6.07) is 2.51. The van der Waals surface area contributed by atoms with E-state index in [0.29, 0.717) is 0 Å². The number of amides is 1. The molecule has 7 heteroatoms. The van der Waals surface area contributed by atoms with Crippen LogP contribution in [-0.4, -0.2) is 23.0 Å². The van der Waals surface area contributed by atoms with Crippen molar-refractivity contribution in [2.24, 2.45) is 16.8 Å². The summed E-state index contributed by atoms with van der Waals surface area (Å²) in [6.07, 6.45) is 0. The summed E-state index contributed by atoms with van der Waals surface area (Å²) in [7, 11) is 0. The molecule has 0 saturated carbocycles. The van der Waals surface area contributed by atoms with Gasteiger partial charge in [0.1, 0.15) is 0 Å². The van der Waals surface area contributed by atoms with Crippen LogP contribution < -0.4 is 11.1 Å². The van der Waals surface area contributed by atoms with Gasteiger partial charge in [-0.3, -0.25) is 4.79 Å². The highest BCUT2D eigenvalue weighted by Gasteiger charge is 2.23. The summed E-state index contributed by atoms with van der Waals surface area (Å²) in [6.45, 7) is 3.45. The smallest absolute Gasteiger partial charge is 0.254 e. The van der Waals surface area contributed by atoms with Crippen LogP contribution in [0.1, 0.15) is 24.2 Å². The van der Waals surface area contributed by atoms with Gasteiger partial charge in [-0.15, -0.1) is 0 Å². The zero-order chi connectivity index (χ0) is 14.6. The number of rotatable bonds is 4. The lowest BCUT2D eigenvalue weighted by Gasteiger charge is -2.21. The average Bonchev–Trinajstić information content (AvgIpc) is 2.37. The number of benzene rings is 1. The number of carbonyl (C=O) groups excluding carboxylic acids is 1. The van der Waals surface area contributed by atoms with Crippen LogP contribution in [0.3, 0.4) is 0 Å². The van der Waals surface area contributed by atoms with Gasteiger partial charge in [0.25, 0.3) is 5.91 Å². The van der Waals surface area contributed by atoms with E-state index in [1.165, 1.54) is 6.07 Å². The predicted molar refractivity (Wildman–Crippen MR) is 65.9 cm³/mol. The van der Waals surface area contributed by atoms with Gasteiger partial charge >= 0.3 is 0 Å². The monoisotopic (exact) mass is 271 g/mol. The Balaban J connectivity index is 2.98. The molecule has 0 saturated heterocycles. The van der Waals surface area contributed by atoms with E-state index in [1.807, 2.05) is 0 Å². The third-order valence-electron chi connectivity index (χ3n) is 2.58. The van der Waals surface area contributed by atoms with Gasteiger partial charge in [0.15, 0.2) is 17.5 Å². The minimum absolute atomic E-state index is 0.184. The number of halogens is 2. The van der Waals surface area contributed by atoms with Crippen molar-refractivity contribution in [2.75, 3.05) is 0 Å². The quantitative estimate of drug-likeness (QED) is 0.335. The SMILES string of the molecule is CC(C)C(NC(=O)c1cccc(F)c1F)C(N)=NO. The molecule has 104 valence electrons. The summed E-state index contributed by atoms with van der Waals surface area (Å²) in [5.74, 6) is -3.57. The van der Waals surface area contributed by atoms with Crippen molar-refractivity contribution >= 4 is 11.7 Å². The van der Waals surface area contributed by atoms with E-state index in [0.717, 1.165) is 12.1 Å². The Hall–Kier alpha value is -2.18. The standard InChI is InChI=1S/C12H15F2N3O2/c1-6(2)10(11(15)17-19)16-12(18)7-4-3-5-8(13)9(7)14/h3-6,10,19H,1-2H3,(H2,15,17)(H,16,18). The summed E-state index contributed by atoms with van der Waals surface area (Å²) in [4.78, 5) is 11.8. The Morgan fingerprint density at radius 2 is 2.05 bits per heavy atom. The fourth-order valence-electron chi connectivity index (χ4n) is 1.54. The molecule has 0 spiro atoms. The zero-order valence-electron chi connectivity index (χ0n) is 10.5. The van der Waals surface area contributed by atoms with Gasteiger partial charge in [0.2, 0.25) is 0 Å². The van der Waals surface area contributed by atoms with Gasteiger partial charge in [0, 0.05) is 0 Å². The van der Waals surface area contributed by atoms with Crippen LogP contribution in [0.2, 0.25) is 0 Å². The number of carbonyl (C=O) groups is 1. The van der Waals surface area contributed by atoms with Crippen molar-refractivity contribution in [3.8, 4) is 0 Å². The van der Waals surface area contributed by atoms with E-state index in [-0.39, 0.29) is 11.8 Å². The number of nitrogens with zero attached hydrogens (tertiary/aromatic N) is 1. The molecular formula is C12H15F2N3O2. The molecule has 0 aromatic heterocycles. The molecule has 1 rings (SSSR count). The van der Waals surface area contributed by atoms with Gasteiger partial charge in [-0.05, 0) is 18.1 Å². The second-order valence-electron chi connectivity index (χ2n) is 4.32. The van der Waals surface area contributed by atoms with E-state index in [2.05, 4.69) is 10.5 Å². The Kier molecular flexibility index (Phi) is 4.80. The van der Waals surface area contributed by atoms with Gasteiger partial charge in [-0.25, -0.2) is 8.78 Å². The molecule has 1 aromatic rings. The molecule has 0 aliphatic carbocycles. The largest absolute Gasteiger partial charge is 0.409 e. The molecule has 0 fully saturated rings. The van der Waals surface area contributed by atoms with E-state index < -0.39 is 29.1 Å². The van der Waals surface area contributed by atoms with Crippen LogP contribution in [0.25, 0.3) is 0 Å². The van der Waals surface area contributed by atoms with Crippen molar-refractivity contribution in [3.63, 3.8) is 0 Å². The fourth-order valence-corrected chi connectivity index (χ4v) is 1.54. The molecule has 0 aliphatic heterocycles. The predicted octanol–water partition coefficient (Wildman–Crippen LogP) is 1.47. The fraction of sp³-hybridized carbons (Fsp3) is 0.333. The minimum Gasteiger partial charge on any atom is -0.409 e. The third-order valence-corrected chi connectivity index (χ3v) is 2.58. The topological polar surface area (TPSA) is 87.7 Å². The number of nitrogens with two attached hydrogens (primary N) is 1. The lowest BCUT2D eigenvalue weighted by Crippen LogP contribution is -2.48. The Morgan fingerprint density at radius 1 is 1.42 bits per heavy atom. The van der Waals surface area contributed by atoms with Gasteiger partial charge in [-0.2, -0.15) is 0 Å². The number of nitrogens with one attached hydrogen (secondary N) is 1. The molecule has 5 nitrogen and oxygen atoms in total. The Morgan fingerprint density at radius 3 is 2.58 bits per heavy atom. The van der Waals surface area contributed by atoms with Gasteiger partial charge in [0.05, 0.1) is 11.6 Å². The highest BCUT2D eigenvalue weighted by molar-refractivity contribution is 5.98. The summed E-state index contributed by atoms with van der Waals surface area (Å²) < 4.78 is 26.5. The average molecular weight is 271 g/mol. The van der Waals surface area contributed by atoms with E-state index >= 15 is 0 Å². The molecule has 4 N–H and O–H groups in total. The van der Waals surface area contributed by atoms with Crippen LogP contribution in [0.4, 0.5) is 8.78 Å². The van der Waals surface area contributed by atoms with Crippen molar-refractivity contribution in [1.29, 1.82) is 0 Å². The van der Waals surface area contributed by atoms with E-state index in [1.54, 1.807) is 13.8 Å². The molecule has 19 heavy (non-hydrogen) atoms. The maximum atomic E-state index is 13.4. The second-order valence-corrected chi connectivity index (χ2v) is 4.32. The minimum atomic E-state index is -1.23. The third kappa shape index (κ3) is 3.40. The molecule has 1 amide bonds. The maximum Gasteiger partial charge on any atom is 0.254 e. The Labute approximate surface area is 109 Å². The molecule has 0 radical (unpaired) electrons. The lowest BCUT2D eigenvalue weighted by molar-refractivity contribution is 0.0933. The number of oxime groups is 1. The van der Waals surface area contributed by atoms with Gasteiger partial charge < -0.3 is 16.3 Å². The number of hydrogen-bond acceptors (Lipinski definition) is 3. The Bertz CT molecular complexity index is 504. The summed E-state index contributed by atoms with van der Waals surface area (Å²) in [5, 5.41) is 13.8. The molecule has 1 aromatic carbocycles. The molecule has 0 bridgehead atoms. The van der Waals surface area contributed by atoms with Crippen LogP contribution in [-0.2, 0) is 0 Å². The van der Waals surface area contributed by atoms with Crippen LogP contribution in [0.15, 0.2) is 23.4 Å². The van der Waals surface area contributed by atoms with Gasteiger partial charge in [-0.1, -0.05) is 25.1 Å². The van der Waals surface area contributed by atoms with E-state index in [9.17, 15) is 13.6 Å².